The van der Waals surface area contributed by atoms with Gasteiger partial charge in [-0.2, -0.15) is 23.5 Å². The van der Waals surface area contributed by atoms with E-state index in [0.717, 1.165) is 0 Å². The zero-order chi connectivity index (χ0) is 10.3. The topological polar surface area (TPSA) is 0 Å². The third-order valence-electron chi connectivity index (χ3n) is 2.50. The van der Waals surface area contributed by atoms with Gasteiger partial charge in [0.2, 0.25) is 0 Å². The first kappa shape index (κ1) is 11.8. The predicted octanol–water partition coefficient (Wildman–Crippen LogP) is 3.27. The first-order chi connectivity index (χ1) is 7.47. The van der Waals surface area contributed by atoms with Crippen molar-refractivity contribution < 1.29 is 0 Å². The van der Waals surface area contributed by atoms with Gasteiger partial charge in [-0.15, -0.1) is 0 Å². The smallest absolute Gasteiger partial charge is 0.00237 e. The molecule has 0 aromatic heterocycles. The monoisotopic (exact) mass is 256 g/mol. The average Bonchev–Trinajstić information content (AvgIpc) is 2.43. The molecule has 2 rings (SSSR count). The third kappa shape index (κ3) is 4.01. The lowest BCUT2D eigenvalue weighted by Crippen LogP contribution is -2.07. The van der Waals surface area contributed by atoms with E-state index in [2.05, 4.69) is 53.9 Å². The Kier molecular flexibility index (Phi) is 5.38. The maximum Gasteiger partial charge on any atom is 0.00237 e. The molecule has 0 unspecified atom stereocenters. The molecular formula is C12H17PS2. The summed E-state index contributed by atoms with van der Waals surface area (Å²) >= 11 is 4.27. The fourth-order valence-corrected chi connectivity index (χ4v) is 7.16. The molecule has 0 saturated carbocycles. The normalized spacial score (nSPS) is 20.3. The Bertz CT molecular complexity index is 266. The molecule has 0 spiro atoms. The van der Waals surface area contributed by atoms with Crippen molar-refractivity contribution >= 4 is 36.7 Å². The molecule has 1 saturated heterocycles. The van der Waals surface area contributed by atoms with E-state index in [1.807, 2.05) is 0 Å². The Morgan fingerprint density at radius 3 is 2.00 bits per heavy atom. The molecule has 1 aromatic rings. The van der Waals surface area contributed by atoms with Crippen LogP contribution in [0.4, 0.5) is 0 Å². The zero-order valence-electron chi connectivity index (χ0n) is 8.89. The van der Waals surface area contributed by atoms with Crippen molar-refractivity contribution in [2.75, 3.05) is 35.3 Å². The fraction of sp³-hybridized carbons (Fsp3) is 0.500. The maximum absolute atomic E-state index is 2.32. The van der Waals surface area contributed by atoms with Gasteiger partial charge in [0.1, 0.15) is 0 Å². The summed E-state index contributed by atoms with van der Waals surface area (Å²) in [5.41, 5.74) is 0. The lowest BCUT2D eigenvalue weighted by atomic mass is 10.4. The molecule has 0 bridgehead atoms. The first-order valence-electron chi connectivity index (χ1n) is 5.42. The van der Waals surface area contributed by atoms with Crippen molar-refractivity contribution in [2.24, 2.45) is 0 Å². The van der Waals surface area contributed by atoms with Crippen LogP contribution in [0.3, 0.4) is 0 Å². The number of hydrogen-bond acceptors (Lipinski definition) is 2. The number of thioether (sulfide) groups is 2. The minimum absolute atomic E-state index is 0.131. The van der Waals surface area contributed by atoms with Crippen LogP contribution < -0.4 is 5.30 Å². The minimum Gasteiger partial charge on any atom is -0.161 e. The highest BCUT2D eigenvalue weighted by atomic mass is 32.2. The molecule has 3 heteroatoms. The van der Waals surface area contributed by atoms with Gasteiger partial charge < -0.3 is 0 Å². The summed E-state index contributed by atoms with van der Waals surface area (Å²) in [7, 11) is 0.131. The summed E-state index contributed by atoms with van der Waals surface area (Å²) in [5, 5.41) is 1.61. The molecule has 1 aliphatic rings. The van der Waals surface area contributed by atoms with Gasteiger partial charge in [-0.25, -0.2) is 0 Å². The molecule has 0 atom stereocenters. The van der Waals surface area contributed by atoms with E-state index < -0.39 is 0 Å². The standard InChI is InChI=1S/C12H17PS2/c1-2-4-12(5-3-1)13-6-8-14-10-11-15-9-7-13/h1-5H,6-11H2. The Balaban J connectivity index is 1.99. The number of rotatable bonds is 1. The lowest BCUT2D eigenvalue weighted by Gasteiger charge is -2.16. The molecule has 1 aliphatic heterocycles. The van der Waals surface area contributed by atoms with Crippen LogP contribution in [0.15, 0.2) is 30.3 Å². The number of hydrogen-bond donors (Lipinski definition) is 0. The molecule has 1 aromatic carbocycles. The van der Waals surface area contributed by atoms with E-state index in [1.54, 1.807) is 5.30 Å². The molecule has 1 heterocycles. The Morgan fingerprint density at radius 2 is 1.40 bits per heavy atom. The van der Waals surface area contributed by atoms with Gasteiger partial charge in [0.05, 0.1) is 0 Å². The predicted molar refractivity (Wildman–Crippen MR) is 77.4 cm³/mol. The molecular weight excluding hydrogens is 239 g/mol. The Labute approximate surface area is 102 Å². The van der Waals surface area contributed by atoms with Crippen molar-refractivity contribution in [2.45, 2.75) is 0 Å². The van der Waals surface area contributed by atoms with Crippen LogP contribution in [-0.4, -0.2) is 35.3 Å². The number of benzene rings is 1. The van der Waals surface area contributed by atoms with E-state index in [4.69, 9.17) is 0 Å². The molecule has 0 N–H and O–H groups in total. The first-order valence-corrected chi connectivity index (χ1v) is 9.44. The van der Waals surface area contributed by atoms with Crippen molar-refractivity contribution in [1.29, 1.82) is 0 Å². The van der Waals surface area contributed by atoms with Crippen molar-refractivity contribution in [3.05, 3.63) is 30.3 Å². The van der Waals surface area contributed by atoms with Crippen LogP contribution >= 0.6 is 31.4 Å². The second-order valence-electron chi connectivity index (χ2n) is 3.55. The largest absolute Gasteiger partial charge is 0.161 e. The van der Waals surface area contributed by atoms with Gasteiger partial charge >= 0.3 is 0 Å². The highest BCUT2D eigenvalue weighted by Gasteiger charge is 2.11. The summed E-state index contributed by atoms with van der Waals surface area (Å²) in [6, 6.07) is 11.1. The highest BCUT2D eigenvalue weighted by molar-refractivity contribution is 8.03. The SMILES string of the molecule is c1ccc(P2CCSCCSCC2)cc1. The molecule has 0 amide bonds. The zero-order valence-corrected chi connectivity index (χ0v) is 11.4. The van der Waals surface area contributed by atoms with Crippen LogP contribution in [0.5, 0.6) is 0 Å². The molecule has 0 nitrogen and oxygen atoms in total. The van der Waals surface area contributed by atoms with Gasteiger partial charge in [0.15, 0.2) is 0 Å². The third-order valence-corrected chi connectivity index (χ3v) is 7.89. The van der Waals surface area contributed by atoms with E-state index in [-0.39, 0.29) is 7.92 Å². The van der Waals surface area contributed by atoms with Crippen LogP contribution in [0.2, 0.25) is 0 Å². The van der Waals surface area contributed by atoms with Gasteiger partial charge in [0, 0.05) is 11.5 Å². The summed E-state index contributed by atoms with van der Waals surface area (Å²) in [4.78, 5) is 0. The summed E-state index contributed by atoms with van der Waals surface area (Å²) in [6.45, 7) is 0. The summed E-state index contributed by atoms with van der Waals surface area (Å²) in [6.07, 6.45) is 2.84. The molecule has 0 aliphatic carbocycles. The van der Waals surface area contributed by atoms with Crippen LogP contribution in [-0.2, 0) is 0 Å². The van der Waals surface area contributed by atoms with Gasteiger partial charge in [-0.05, 0) is 29.1 Å². The van der Waals surface area contributed by atoms with Gasteiger partial charge in [0.25, 0.3) is 0 Å². The quantitative estimate of drug-likeness (QED) is 0.707. The lowest BCUT2D eigenvalue weighted by molar-refractivity contribution is 1.45. The Morgan fingerprint density at radius 1 is 0.800 bits per heavy atom. The molecule has 15 heavy (non-hydrogen) atoms. The summed E-state index contributed by atoms with van der Waals surface area (Å²) in [5.74, 6) is 5.42. The van der Waals surface area contributed by atoms with E-state index >= 15 is 0 Å². The van der Waals surface area contributed by atoms with Crippen LogP contribution in [0, 0.1) is 0 Å². The van der Waals surface area contributed by atoms with E-state index in [0.29, 0.717) is 0 Å². The average molecular weight is 256 g/mol. The van der Waals surface area contributed by atoms with Crippen molar-refractivity contribution in [3.8, 4) is 0 Å². The molecule has 1 fully saturated rings. The van der Waals surface area contributed by atoms with Crippen molar-refractivity contribution in [1.82, 2.24) is 0 Å². The summed E-state index contributed by atoms with van der Waals surface area (Å²) < 4.78 is 0. The second kappa shape index (κ2) is 6.83. The van der Waals surface area contributed by atoms with E-state index in [9.17, 15) is 0 Å². The Hall–Kier alpha value is 0.350. The van der Waals surface area contributed by atoms with Crippen molar-refractivity contribution in [3.63, 3.8) is 0 Å². The van der Waals surface area contributed by atoms with Crippen LogP contribution in [0.25, 0.3) is 0 Å². The van der Waals surface area contributed by atoms with Gasteiger partial charge in [-0.3, -0.25) is 0 Å². The van der Waals surface area contributed by atoms with E-state index in [1.165, 1.54) is 35.3 Å². The minimum atomic E-state index is 0.131. The second-order valence-corrected chi connectivity index (χ2v) is 8.49. The maximum atomic E-state index is 2.32. The van der Waals surface area contributed by atoms with Crippen LogP contribution in [0.1, 0.15) is 0 Å². The molecule has 82 valence electrons. The van der Waals surface area contributed by atoms with Gasteiger partial charge in [-0.1, -0.05) is 38.3 Å². The fourth-order valence-electron chi connectivity index (χ4n) is 1.68. The highest BCUT2D eigenvalue weighted by Crippen LogP contribution is 2.36. The molecule has 0 radical (unpaired) electrons.